The first kappa shape index (κ1) is 12.9. The third-order valence-electron chi connectivity index (χ3n) is 2.10. The first-order valence-electron chi connectivity index (χ1n) is 5.16. The highest BCUT2D eigenvalue weighted by molar-refractivity contribution is 7.15. The molecule has 1 aromatic heterocycles. The van der Waals surface area contributed by atoms with Crippen molar-refractivity contribution in [3.8, 4) is 0 Å². The number of nitrogens with zero attached hydrogens (tertiary/aromatic N) is 1. The lowest BCUT2D eigenvalue weighted by atomic mass is 10.3. The van der Waals surface area contributed by atoms with Crippen LogP contribution in [-0.2, 0) is 0 Å². The summed E-state index contributed by atoms with van der Waals surface area (Å²) in [4.78, 5) is 16.7. The van der Waals surface area contributed by atoms with E-state index in [1.54, 1.807) is 6.92 Å². The third-order valence-corrected chi connectivity index (χ3v) is 3.08. The summed E-state index contributed by atoms with van der Waals surface area (Å²) in [6, 6.07) is -0.283. The van der Waals surface area contributed by atoms with Crippen molar-refractivity contribution in [3.05, 3.63) is 10.6 Å². The average Bonchev–Trinajstić information content (AvgIpc) is 2.44. The standard InChI is InChI=1S/C10H17N3O2S/c1-6(14)4-5-11-9(15)13-10-12-7(2)8(3)16-10/h6,14H,4-5H2,1-3H3,(H2,11,12,13,15)/t6-/m0/s1. The van der Waals surface area contributed by atoms with E-state index < -0.39 is 6.10 Å². The van der Waals surface area contributed by atoms with Gasteiger partial charge in [0.25, 0.3) is 0 Å². The van der Waals surface area contributed by atoms with Gasteiger partial charge < -0.3 is 10.4 Å². The number of aliphatic hydroxyl groups is 1. The number of hydrogen-bond donors (Lipinski definition) is 3. The van der Waals surface area contributed by atoms with E-state index in [1.165, 1.54) is 11.3 Å². The minimum atomic E-state index is -0.398. The summed E-state index contributed by atoms with van der Waals surface area (Å²) in [5.41, 5.74) is 0.935. The predicted molar refractivity (Wildman–Crippen MR) is 64.9 cm³/mol. The number of urea groups is 1. The molecule has 0 unspecified atom stereocenters. The number of carbonyl (C=O) groups is 1. The highest BCUT2D eigenvalue weighted by Gasteiger charge is 2.07. The van der Waals surface area contributed by atoms with Gasteiger partial charge in [0, 0.05) is 11.4 Å². The molecule has 0 aromatic carbocycles. The fourth-order valence-corrected chi connectivity index (χ4v) is 1.87. The van der Waals surface area contributed by atoms with Gasteiger partial charge in [-0.25, -0.2) is 9.78 Å². The van der Waals surface area contributed by atoms with Crippen molar-refractivity contribution in [2.45, 2.75) is 33.3 Å². The van der Waals surface area contributed by atoms with Crippen molar-refractivity contribution in [3.63, 3.8) is 0 Å². The Morgan fingerprint density at radius 1 is 1.56 bits per heavy atom. The van der Waals surface area contributed by atoms with Crippen LogP contribution in [-0.4, -0.2) is 28.8 Å². The maximum atomic E-state index is 11.4. The van der Waals surface area contributed by atoms with Crippen LogP contribution in [0.1, 0.15) is 23.9 Å². The van der Waals surface area contributed by atoms with Gasteiger partial charge in [-0.3, -0.25) is 5.32 Å². The predicted octanol–water partition coefficient (Wildman–Crippen LogP) is 1.65. The van der Waals surface area contributed by atoms with Crippen molar-refractivity contribution in [2.24, 2.45) is 0 Å². The van der Waals surface area contributed by atoms with Crippen LogP contribution in [0.25, 0.3) is 0 Å². The Morgan fingerprint density at radius 3 is 2.75 bits per heavy atom. The summed E-state index contributed by atoms with van der Waals surface area (Å²) in [6.07, 6.45) is 0.147. The number of amides is 2. The molecule has 3 N–H and O–H groups in total. The summed E-state index contributed by atoms with van der Waals surface area (Å²) in [5, 5.41) is 14.9. The van der Waals surface area contributed by atoms with Crippen molar-refractivity contribution in [2.75, 3.05) is 11.9 Å². The molecule has 1 rings (SSSR count). The molecule has 1 aromatic rings. The van der Waals surface area contributed by atoms with Crippen LogP contribution in [0, 0.1) is 13.8 Å². The van der Waals surface area contributed by atoms with Crippen LogP contribution in [0.2, 0.25) is 0 Å². The molecule has 16 heavy (non-hydrogen) atoms. The minimum absolute atomic E-state index is 0.283. The fraction of sp³-hybridized carbons (Fsp3) is 0.600. The molecule has 1 heterocycles. The molecule has 2 amide bonds. The quantitative estimate of drug-likeness (QED) is 0.752. The lowest BCUT2D eigenvalue weighted by Crippen LogP contribution is -2.30. The van der Waals surface area contributed by atoms with E-state index in [2.05, 4.69) is 15.6 Å². The van der Waals surface area contributed by atoms with E-state index in [0.717, 1.165) is 10.6 Å². The number of rotatable bonds is 4. The van der Waals surface area contributed by atoms with Crippen molar-refractivity contribution in [1.29, 1.82) is 0 Å². The van der Waals surface area contributed by atoms with Gasteiger partial charge in [-0.15, -0.1) is 11.3 Å². The molecular weight excluding hydrogens is 226 g/mol. The smallest absolute Gasteiger partial charge is 0.321 e. The Balaban J connectivity index is 2.34. The van der Waals surface area contributed by atoms with Crippen molar-refractivity contribution in [1.82, 2.24) is 10.3 Å². The van der Waals surface area contributed by atoms with E-state index in [1.807, 2.05) is 13.8 Å². The van der Waals surface area contributed by atoms with Gasteiger partial charge in [0.05, 0.1) is 11.8 Å². The first-order valence-corrected chi connectivity index (χ1v) is 5.97. The van der Waals surface area contributed by atoms with E-state index in [0.29, 0.717) is 18.1 Å². The van der Waals surface area contributed by atoms with Crippen LogP contribution < -0.4 is 10.6 Å². The van der Waals surface area contributed by atoms with Gasteiger partial charge in [0.15, 0.2) is 5.13 Å². The molecule has 0 aliphatic carbocycles. The second-order valence-electron chi connectivity index (χ2n) is 3.68. The van der Waals surface area contributed by atoms with Gasteiger partial charge in [-0.1, -0.05) is 0 Å². The number of aliphatic hydroxyl groups excluding tert-OH is 1. The number of anilines is 1. The van der Waals surface area contributed by atoms with Crippen LogP contribution in [0.15, 0.2) is 0 Å². The lowest BCUT2D eigenvalue weighted by molar-refractivity contribution is 0.184. The molecule has 90 valence electrons. The maximum Gasteiger partial charge on any atom is 0.321 e. The molecule has 0 spiro atoms. The Labute approximate surface area is 98.9 Å². The fourth-order valence-electron chi connectivity index (χ4n) is 1.06. The normalized spacial score (nSPS) is 12.2. The highest BCUT2D eigenvalue weighted by Crippen LogP contribution is 2.20. The second-order valence-corrected chi connectivity index (χ2v) is 4.88. The zero-order valence-electron chi connectivity index (χ0n) is 9.70. The minimum Gasteiger partial charge on any atom is -0.393 e. The van der Waals surface area contributed by atoms with E-state index in [9.17, 15) is 4.79 Å². The molecule has 0 saturated carbocycles. The van der Waals surface area contributed by atoms with Gasteiger partial charge >= 0.3 is 6.03 Å². The van der Waals surface area contributed by atoms with Crippen molar-refractivity contribution < 1.29 is 9.90 Å². The Bertz CT molecular complexity index is 343. The zero-order valence-corrected chi connectivity index (χ0v) is 10.5. The van der Waals surface area contributed by atoms with Crippen LogP contribution in [0.3, 0.4) is 0 Å². The molecule has 1 atom stereocenters. The summed E-state index contributed by atoms with van der Waals surface area (Å²) in [7, 11) is 0. The van der Waals surface area contributed by atoms with E-state index >= 15 is 0 Å². The SMILES string of the molecule is Cc1nc(NC(=O)NCC[C@H](C)O)sc1C. The molecule has 0 saturated heterocycles. The molecule has 0 radical (unpaired) electrons. The van der Waals surface area contributed by atoms with Gasteiger partial charge in [0.2, 0.25) is 0 Å². The summed E-state index contributed by atoms with van der Waals surface area (Å²) in [6.45, 7) is 6.01. The van der Waals surface area contributed by atoms with E-state index in [-0.39, 0.29) is 6.03 Å². The maximum absolute atomic E-state index is 11.4. The molecule has 0 bridgehead atoms. The number of aryl methyl sites for hydroxylation is 2. The topological polar surface area (TPSA) is 74.2 Å². The number of aromatic nitrogens is 1. The third kappa shape index (κ3) is 4.16. The largest absolute Gasteiger partial charge is 0.393 e. The number of carbonyl (C=O) groups excluding carboxylic acids is 1. The number of nitrogens with one attached hydrogen (secondary N) is 2. The molecule has 0 fully saturated rings. The number of hydrogen-bond acceptors (Lipinski definition) is 4. The monoisotopic (exact) mass is 243 g/mol. The molecular formula is C10H17N3O2S. The lowest BCUT2D eigenvalue weighted by Gasteiger charge is -2.06. The molecule has 0 aliphatic rings. The zero-order chi connectivity index (χ0) is 12.1. The Hall–Kier alpha value is -1.14. The van der Waals surface area contributed by atoms with Gasteiger partial charge in [0.1, 0.15) is 0 Å². The van der Waals surface area contributed by atoms with Crippen LogP contribution in [0.5, 0.6) is 0 Å². The van der Waals surface area contributed by atoms with Gasteiger partial charge in [-0.05, 0) is 27.2 Å². The molecule has 5 nitrogen and oxygen atoms in total. The number of thiazole rings is 1. The van der Waals surface area contributed by atoms with Crippen LogP contribution >= 0.6 is 11.3 Å². The molecule has 6 heteroatoms. The highest BCUT2D eigenvalue weighted by atomic mass is 32.1. The average molecular weight is 243 g/mol. The second kappa shape index (κ2) is 5.81. The van der Waals surface area contributed by atoms with E-state index in [4.69, 9.17) is 5.11 Å². The Kier molecular flexibility index (Phi) is 4.70. The summed E-state index contributed by atoms with van der Waals surface area (Å²) in [5.74, 6) is 0. The summed E-state index contributed by atoms with van der Waals surface area (Å²) < 4.78 is 0. The summed E-state index contributed by atoms with van der Waals surface area (Å²) >= 11 is 1.45. The van der Waals surface area contributed by atoms with Crippen LogP contribution in [0.4, 0.5) is 9.93 Å². The first-order chi connectivity index (χ1) is 7.49. The van der Waals surface area contributed by atoms with Crippen molar-refractivity contribution >= 4 is 22.5 Å². The Morgan fingerprint density at radius 2 is 2.25 bits per heavy atom. The van der Waals surface area contributed by atoms with Gasteiger partial charge in [-0.2, -0.15) is 0 Å². The molecule has 0 aliphatic heterocycles.